The van der Waals surface area contributed by atoms with E-state index in [1.807, 2.05) is 25.1 Å². The highest BCUT2D eigenvalue weighted by molar-refractivity contribution is 5.62. The molecular weight excluding hydrogens is 176 g/mol. The van der Waals surface area contributed by atoms with Crippen molar-refractivity contribution in [1.82, 2.24) is 0 Å². The minimum Gasteiger partial charge on any atom is -0.431 e. The highest BCUT2D eigenvalue weighted by Gasteiger charge is 1.97. The van der Waals surface area contributed by atoms with Crippen molar-refractivity contribution < 1.29 is 4.42 Å². The predicted molar refractivity (Wildman–Crippen MR) is 55.2 cm³/mol. The monoisotopic (exact) mass is 186 g/mol. The van der Waals surface area contributed by atoms with Crippen LogP contribution in [0.3, 0.4) is 0 Å². The molecule has 0 saturated carbocycles. The Kier molecular flexibility index (Phi) is 2.19. The average molecular weight is 186 g/mol. The lowest BCUT2D eigenvalue weighted by molar-refractivity contribution is 0.512. The minimum atomic E-state index is -0.318. The molecule has 0 aliphatic heterocycles. The van der Waals surface area contributed by atoms with Gasteiger partial charge in [0.15, 0.2) is 0 Å². The van der Waals surface area contributed by atoms with Gasteiger partial charge in [0.1, 0.15) is 6.26 Å². The Balaban J connectivity index is 2.49. The molecule has 0 aliphatic carbocycles. The molecule has 0 N–H and O–H groups in total. The summed E-state index contributed by atoms with van der Waals surface area (Å²) >= 11 is 0. The Morgan fingerprint density at radius 1 is 1.07 bits per heavy atom. The van der Waals surface area contributed by atoms with Crippen LogP contribution in [-0.2, 0) is 0 Å². The summed E-state index contributed by atoms with van der Waals surface area (Å²) < 4.78 is 4.80. The molecule has 1 aromatic heterocycles. The summed E-state index contributed by atoms with van der Waals surface area (Å²) in [4.78, 5) is 10.8. The van der Waals surface area contributed by atoms with Crippen LogP contribution < -0.4 is 5.63 Å². The molecule has 1 heterocycles. The smallest absolute Gasteiger partial charge is 0.335 e. The molecule has 2 heteroatoms. The Hall–Kier alpha value is -1.83. The summed E-state index contributed by atoms with van der Waals surface area (Å²) in [5.74, 6) is 0. The van der Waals surface area contributed by atoms with Gasteiger partial charge in [-0.3, -0.25) is 0 Å². The highest BCUT2D eigenvalue weighted by atomic mass is 16.4. The fourth-order valence-corrected chi connectivity index (χ4v) is 1.35. The maximum Gasteiger partial charge on any atom is 0.335 e. The zero-order valence-corrected chi connectivity index (χ0v) is 7.86. The van der Waals surface area contributed by atoms with E-state index >= 15 is 0 Å². The quantitative estimate of drug-likeness (QED) is 0.685. The Morgan fingerprint density at radius 3 is 2.57 bits per heavy atom. The normalized spacial score (nSPS) is 10.1. The Bertz CT molecular complexity index is 477. The third-order valence-corrected chi connectivity index (χ3v) is 2.05. The van der Waals surface area contributed by atoms with Gasteiger partial charge in [-0.1, -0.05) is 29.8 Å². The van der Waals surface area contributed by atoms with Gasteiger partial charge in [0.2, 0.25) is 0 Å². The lowest BCUT2D eigenvalue weighted by Gasteiger charge is -2.00. The Labute approximate surface area is 81.8 Å². The molecule has 2 aromatic rings. The van der Waals surface area contributed by atoms with Gasteiger partial charge in [-0.2, -0.15) is 0 Å². The largest absolute Gasteiger partial charge is 0.431 e. The summed E-state index contributed by atoms with van der Waals surface area (Å²) in [5.41, 5.74) is 2.86. The molecule has 1 aromatic carbocycles. The van der Waals surface area contributed by atoms with Crippen LogP contribution in [0, 0.1) is 6.92 Å². The van der Waals surface area contributed by atoms with Crippen molar-refractivity contribution in [2.75, 3.05) is 0 Å². The standard InChI is InChI=1S/C12H10O2/c1-9-3-2-4-10(7-9)11-5-6-12(13)14-8-11/h2-8H,1H3. The predicted octanol–water partition coefficient (Wildman–Crippen LogP) is 2.62. The first-order valence-electron chi connectivity index (χ1n) is 4.41. The van der Waals surface area contributed by atoms with Gasteiger partial charge in [0.25, 0.3) is 0 Å². The molecule has 0 atom stereocenters. The zero-order chi connectivity index (χ0) is 9.97. The highest BCUT2D eigenvalue weighted by Crippen LogP contribution is 2.18. The fraction of sp³-hybridized carbons (Fsp3) is 0.0833. The van der Waals surface area contributed by atoms with Crippen LogP contribution in [0.1, 0.15) is 5.56 Å². The van der Waals surface area contributed by atoms with Crippen molar-refractivity contribution in [3.63, 3.8) is 0 Å². The van der Waals surface area contributed by atoms with Crippen molar-refractivity contribution in [3.05, 3.63) is 58.6 Å². The lowest BCUT2D eigenvalue weighted by atomic mass is 10.1. The molecule has 0 bridgehead atoms. The number of rotatable bonds is 1. The number of hydrogen-bond acceptors (Lipinski definition) is 2. The van der Waals surface area contributed by atoms with Crippen LogP contribution in [0.2, 0.25) is 0 Å². The zero-order valence-electron chi connectivity index (χ0n) is 7.86. The maximum absolute atomic E-state index is 10.8. The van der Waals surface area contributed by atoms with Crippen LogP contribution >= 0.6 is 0 Å². The van der Waals surface area contributed by atoms with Gasteiger partial charge in [-0.05, 0) is 18.6 Å². The fourth-order valence-electron chi connectivity index (χ4n) is 1.35. The van der Waals surface area contributed by atoms with Crippen LogP contribution in [0.5, 0.6) is 0 Å². The van der Waals surface area contributed by atoms with Crippen molar-refractivity contribution in [1.29, 1.82) is 0 Å². The summed E-state index contributed by atoms with van der Waals surface area (Å²) in [5, 5.41) is 0. The minimum absolute atomic E-state index is 0.318. The number of benzene rings is 1. The molecule has 0 amide bonds. The molecule has 0 unspecified atom stereocenters. The van der Waals surface area contributed by atoms with E-state index in [0.717, 1.165) is 11.1 Å². The van der Waals surface area contributed by atoms with Crippen LogP contribution in [0.15, 0.2) is 51.9 Å². The van der Waals surface area contributed by atoms with E-state index in [1.165, 1.54) is 17.9 Å². The first-order chi connectivity index (χ1) is 6.75. The van der Waals surface area contributed by atoms with Gasteiger partial charge < -0.3 is 4.42 Å². The van der Waals surface area contributed by atoms with E-state index in [4.69, 9.17) is 4.42 Å². The molecule has 70 valence electrons. The van der Waals surface area contributed by atoms with Crippen molar-refractivity contribution in [3.8, 4) is 11.1 Å². The molecule has 2 nitrogen and oxygen atoms in total. The first kappa shape index (κ1) is 8.75. The second-order valence-corrected chi connectivity index (χ2v) is 3.21. The molecule has 0 saturated heterocycles. The SMILES string of the molecule is Cc1cccc(-c2ccc(=O)oc2)c1. The van der Waals surface area contributed by atoms with Gasteiger partial charge in [0.05, 0.1) is 0 Å². The topological polar surface area (TPSA) is 30.2 Å². The first-order valence-corrected chi connectivity index (χ1v) is 4.41. The van der Waals surface area contributed by atoms with E-state index < -0.39 is 0 Å². The summed E-state index contributed by atoms with van der Waals surface area (Å²) in [6.07, 6.45) is 1.48. The van der Waals surface area contributed by atoms with Crippen molar-refractivity contribution in [2.45, 2.75) is 6.92 Å². The van der Waals surface area contributed by atoms with Crippen LogP contribution in [0.25, 0.3) is 11.1 Å². The third-order valence-electron chi connectivity index (χ3n) is 2.05. The number of hydrogen-bond donors (Lipinski definition) is 0. The van der Waals surface area contributed by atoms with Crippen LogP contribution in [0.4, 0.5) is 0 Å². The molecule has 2 rings (SSSR count). The second-order valence-electron chi connectivity index (χ2n) is 3.21. The van der Waals surface area contributed by atoms with E-state index in [0.29, 0.717) is 0 Å². The van der Waals surface area contributed by atoms with Gasteiger partial charge in [-0.25, -0.2) is 4.79 Å². The van der Waals surface area contributed by atoms with Gasteiger partial charge >= 0.3 is 5.63 Å². The summed E-state index contributed by atoms with van der Waals surface area (Å²) in [7, 11) is 0. The van der Waals surface area contributed by atoms with Gasteiger partial charge in [-0.15, -0.1) is 0 Å². The van der Waals surface area contributed by atoms with Crippen molar-refractivity contribution >= 4 is 0 Å². The van der Waals surface area contributed by atoms with E-state index in [-0.39, 0.29) is 5.63 Å². The molecular formula is C12H10O2. The summed E-state index contributed by atoms with van der Waals surface area (Å²) in [6.45, 7) is 2.03. The molecule has 14 heavy (non-hydrogen) atoms. The van der Waals surface area contributed by atoms with E-state index in [1.54, 1.807) is 6.07 Å². The summed E-state index contributed by atoms with van der Waals surface area (Å²) in [6, 6.07) is 11.2. The molecule has 0 spiro atoms. The molecule has 0 aliphatic rings. The van der Waals surface area contributed by atoms with Gasteiger partial charge in [0, 0.05) is 11.6 Å². The van der Waals surface area contributed by atoms with E-state index in [2.05, 4.69) is 6.07 Å². The Morgan fingerprint density at radius 2 is 1.93 bits per heavy atom. The third kappa shape index (κ3) is 1.74. The van der Waals surface area contributed by atoms with Crippen LogP contribution in [-0.4, -0.2) is 0 Å². The van der Waals surface area contributed by atoms with E-state index in [9.17, 15) is 4.79 Å². The molecule has 0 radical (unpaired) electrons. The lowest BCUT2D eigenvalue weighted by Crippen LogP contribution is -1.93. The second kappa shape index (κ2) is 3.50. The number of aryl methyl sites for hydroxylation is 1. The maximum atomic E-state index is 10.8. The average Bonchev–Trinajstić information content (AvgIpc) is 2.19. The van der Waals surface area contributed by atoms with Crippen molar-refractivity contribution in [2.24, 2.45) is 0 Å². The molecule has 0 fully saturated rings.